The summed E-state index contributed by atoms with van der Waals surface area (Å²) >= 11 is 0. The second-order valence-corrected chi connectivity index (χ2v) is 7.03. The minimum Gasteiger partial charge on any atom is -0.450 e. The second kappa shape index (κ2) is 8.73. The number of rotatable bonds is 5. The van der Waals surface area contributed by atoms with Crippen LogP contribution in [0.3, 0.4) is 0 Å². The van der Waals surface area contributed by atoms with Crippen LogP contribution in [0.15, 0.2) is 0 Å². The van der Waals surface area contributed by atoms with Gasteiger partial charge in [-0.25, -0.2) is 4.79 Å². The lowest BCUT2D eigenvalue weighted by molar-refractivity contribution is 0.0931. The summed E-state index contributed by atoms with van der Waals surface area (Å²) < 4.78 is 5.07. The molecule has 1 N–H and O–H groups in total. The van der Waals surface area contributed by atoms with Crippen LogP contribution in [0.25, 0.3) is 0 Å². The number of likely N-dealkylation sites (tertiary alicyclic amines) is 2. The summed E-state index contributed by atoms with van der Waals surface area (Å²) in [6, 6.07) is 1.05. The summed E-state index contributed by atoms with van der Waals surface area (Å²) in [7, 11) is 0. The zero-order valence-electron chi connectivity index (χ0n) is 14.5. The Kier molecular flexibility index (Phi) is 6.96. The Hall–Kier alpha value is -0.810. The topological polar surface area (TPSA) is 44.8 Å². The van der Waals surface area contributed by atoms with Gasteiger partial charge in [0.15, 0.2) is 0 Å². The molecular weight excluding hydrogens is 278 g/mol. The molecule has 2 rings (SSSR count). The lowest BCUT2D eigenvalue weighted by atomic mass is 9.99. The smallest absolute Gasteiger partial charge is 0.409 e. The number of carbonyl (C=O) groups excluding carboxylic acids is 1. The molecule has 0 saturated carbocycles. The zero-order valence-corrected chi connectivity index (χ0v) is 14.5. The van der Waals surface area contributed by atoms with Crippen molar-refractivity contribution in [3.8, 4) is 0 Å². The van der Waals surface area contributed by atoms with E-state index < -0.39 is 0 Å². The van der Waals surface area contributed by atoms with E-state index in [0.717, 1.165) is 38.4 Å². The second-order valence-electron chi connectivity index (χ2n) is 7.03. The van der Waals surface area contributed by atoms with E-state index in [0.29, 0.717) is 18.7 Å². The number of carbonyl (C=O) groups is 1. The molecule has 5 nitrogen and oxygen atoms in total. The minimum absolute atomic E-state index is 0.156. The van der Waals surface area contributed by atoms with Crippen molar-refractivity contribution in [1.82, 2.24) is 15.1 Å². The number of nitrogens with one attached hydrogen (secondary N) is 1. The summed E-state index contributed by atoms with van der Waals surface area (Å²) in [5, 5.41) is 3.75. The molecule has 0 aromatic heterocycles. The number of hydrogen-bond acceptors (Lipinski definition) is 4. The van der Waals surface area contributed by atoms with Gasteiger partial charge < -0.3 is 19.9 Å². The molecule has 128 valence electrons. The summed E-state index contributed by atoms with van der Waals surface area (Å²) in [5.74, 6) is 0.841. The van der Waals surface area contributed by atoms with E-state index in [1.807, 2.05) is 11.8 Å². The minimum atomic E-state index is -0.156. The first-order chi connectivity index (χ1) is 10.6. The summed E-state index contributed by atoms with van der Waals surface area (Å²) in [6.45, 7) is 12.2. The van der Waals surface area contributed by atoms with Crippen LogP contribution in [-0.2, 0) is 4.74 Å². The number of nitrogens with zero attached hydrogens (tertiary/aromatic N) is 2. The molecule has 5 heteroatoms. The van der Waals surface area contributed by atoms with Crippen molar-refractivity contribution in [3.05, 3.63) is 0 Å². The van der Waals surface area contributed by atoms with Crippen LogP contribution in [-0.4, -0.2) is 67.3 Å². The molecule has 22 heavy (non-hydrogen) atoms. The molecule has 0 bridgehead atoms. The monoisotopic (exact) mass is 311 g/mol. The van der Waals surface area contributed by atoms with E-state index in [9.17, 15) is 4.79 Å². The van der Waals surface area contributed by atoms with Gasteiger partial charge in [-0.2, -0.15) is 0 Å². The fraction of sp³-hybridized carbons (Fsp3) is 0.941. The van der Waals surface area contributed by atoms with Gasteiger partial charge in [-0.3, -0.25) is 0 Å². The molecule has 2 aliphatic heterocycles. The highest BCUT2D eigenvalue weighted by atomic mass is 16.6. The SMILES string of the molecule is CCOC(=O)N1CCC(N[C@@H](C)CN2CCC[C@H](C)C2)CC1. The van der Waals surface area contributed by atoms with E-state index in [2.05, 4.69) is 24.1 Å². The van der Waals surface area contributed by atoms with Gasteiger partial charge in [0.2, 0.25) is 0 Å². The molecule has 2 atom stereocenters. The average Bonchev–Trinajstić information content (AvgIpc) is 2.48. The number of ether oxygens (including phenoxy) is 1. The van der Waals surface area contributed by atoms with E-state index in [-0.39, 0.29) is 6.09 Å². The molecule has 2 fully saturated rings. The van der Waals surface area contributed by atoms with Gasteiger partial charge in [0.25, 0.3) is 0 Å². The van der Waals surface area contributed by atoms with E-state index >= 15 is 0 Å². The zero-order chi connectivity index (χ0) is 15.9. The molecule has 0 spiro atoms. The Labute approximate surface area is 135 Å². The third-order valence-corrected chi connectivity index (χ3v) is 4.81. The lowest BCUT2D eigenvalue weighted by Gasteiger charge is -2.36. The third kappa shape index (κ3) is 5.43. The van der Waals surface area contributed by atoms with Crippen molar-refractivity contribution in [2.45, 2.75) is 58.5 Å². The summed E-state index contributed by atoms with van der Waals surface area (Å²) in [5.41, 5.74) is 0. The van der Waals surface area contributed by atoms with Crippen molar-refractivity contribution in [1.29, 1.82) is 0 Å². The molecule has 2 aliphatic rings. The maximum absolute atomic E-state index is 11.7. The average molecular weight is 311 g/mol. The quantitative estimate of drug-likeness (QED) is 0.846. The molecule has 0 aromatic carbocycles. The summed E-state index contributed by atoms with van der Waals surface area (Å²) in [4.78, 5) is 16.1. The van der Waals surface area contributed by atoms with Crippen LogP contribution in [0.4, 0.5) is 4.79 Å². The summed E-state index contributed by atoms with van der Waals surface area (Å²) in [6.07, 6.45) is 4.62. The third-order valence-electron chi connectivity index (χ3n) is 4.81. The van der Waals surface area contributed by atoms with Crippen LogP contribution in [0, 0.1) is 5.92 Å². The Morgan fingerprint density at radius 1 is 1.27 bits per heavy atom. The Morgan fingerprint density at radius 3 is 2.64 bits per heavy atom. The molecule has 0 unspecified atom stereocenters. The number of amides is 1. The van der Waals surface area contributed by atoms with Gasteiger partial charge in [-0.05, 0) is 52.0 Å². The van der Waals surface area contributed by atoms with Gasteiger partial charge in [-0.1, -0.05) is 6.92 Å². The van der Waals surface area contributed by atoms with E-state index in [4.69, 9.17) is 4.74 Å². The standard InChI is InChI=1S/C17H33N3O2/c1-4-22-17(21)20-10-7-16(8-11-20)18-15(3)13-19-9-5-6-14(2)12-19/h14-16,18H,4-13H2,1-3H3/t14-,15-/m0/s1. The molecular formula is C17H33N3O2. The first-order valence-corrected chi connectivity index (χ1v) is 8.98. The van der Waals surface area contributed by atoms with Gasteiger partial charge in [0, 0.05) is 38.3 Å². The van der Waals surface area contributed by atoms with Crippen molar-refractivity contribution in [3.63, 3.8) is 0 Å². The Bertz CT molecular complexity index is 343. The Balaban J connectivity index is 1.66. The van der Waals surface area contributed by atoms with Crippen LogP contribution >= 0.6 is 0 Å². The van der Waals surface area contributed by atoms with E-state index in [1.54, 1.807) is 0 Å². The van der Waals surface area contributed by atoms with Crippen LogP contribution in [0.5, 0.6) is 0 Å². The molecule has 1 amide bonds. The maximum atomic E-state index is 11.7. The fourth-order valence-electron chi connectivity index (χ4n) is 3.74. The number of hydrogen-bond donors (Lipinski definition) is 1. The van der Waals surface area contributed by atoms with Crippen molar-refractivity contribution in [2.24, 2.45) is 5.92 Å². The van der Waals surface area contributed by atoms with Gasteiger partial charge in [0.05, 0.1) is 6.61 Å². The maximum Gasteiger partial charge on any atom is 0.409 e. The highest BCUT2D eigenvalue weighted by Gasteiger charge is 2.25. The normalized spacial score (nSPS) is 26.0. The predicted octanol–water partition coefficient (Wildman–Crippen LogP) is 2.32. The largest absolute Gasteiger partial charge is 0.450 e. The van der Waals surface area contributed by atoms with Crippen molar-refractivity contribution >= 4 is 6.09 Å². The van der Waals surface area contributed by atoms with Crippen LogP contribution < -0.4 is 5.32 Å². The molecule has 2 heterocycles. The first kappa shape index (κ1) is 17.5. The van der Waals surface area contributed by atoms with Crippen molar-refractivity contribution in [2.75, 3.05) is 39.3 Å². The van der Waals surface area contributed by atoms with Crippen molar-refractivity contribution < 1.29 is 9.53 Å². The Morgan fingerprint density at radius 2 is 2.00 bits per heavy atom. The lowest BCUT2D eigenvalue weighted by Crippen LogP contribution is -2.50. The molecule has 2 saturated heterocycles. The highest BCUT2D eigenvalue weighted by molar-refractivity contribution is 5.67. The van der Waals surface area contributed by atoms with E-state index in [1.165, 1.54) is 25.9 Å². The highest BCUT2D eigenvalue weighted by Crippen LogP contribution is 2.16. The van der Waals surface area contributed by atoms with Gasteiger partial charge in [0.1, 0.15) is 0 Å². The van der Waals surface area contributed by atoms with Gasteiger partial charge in [-0.15, -0.1) is 0 Å². The molecule has 0 aliphatic carbocycles. The predicted molar refractivity (Wildman–Crippen MR) is 89.1 cm³/mol. The van der Waals surface area contributed by atoms with Crippen LogP contribution in [0.2, 0.25) is 0 Å². The number of piperidine rings is 2. The van der Waals surface area contributed by atoms with Crippen LogP contribution in [0.1, 0.15) is 46.5 Å². The first-order valence-electron chi connectivity index (χ1n) is 8.98. The fourth-order valence-corrected chi connectivity index (χ4v) is 3.74. The molecule has 0 aromatic rings. The molecule has 0 radical (unpaired) electrons. The van der Waals surface area contributed by atoms with Gasteiger partial charge >= 0.3 is 6.09 Å².